The van der Waals surface area contributed by atoms with E-state index in [4.69, 9.17) is 18.0 Å². The van der Waals surface area contributed by atoms with Crippen LogP contribution in [0.4, 0.5) is 0 Å². The number of nitrogens with one attached hydrogen (secondary N) is 2. The van der Waals surface area contributed by atoms with Crippen molar-refractivity contribution in [3.05, 3.63) is 46.6 Å². The van der Waals surface area contributed by atoms with Crippen molar-refractivity contribution in [1.82, 2.24) is 10.3 Å². The van der Waals surface area contributed by atoms with Crippen LogP contribution < -0.4 is 5.32 Å². The first-order chi connectivity index (χ1) is 20.2. The van der Waals surface area contributed by atoms with Gasteiger partial charge >= 0.3 is 0 Å². The number of amides is 1. The number of aromatic amines is 1. The lowest BCUT2D eigenvalue weighted by molar-refractivity contribution is -0.224. The fourth-order valence-corrected chi connectivity index (χ4v) is 13.3. The monoisotopic (exact) mass is 598 g/mol. The summed E-state index contributed by atoms with van der Waals surface area (Å²) in [6.07, 6.45) is 15.9. The van der Waals surface area contributed by atoms with E-state index in [1.54, 1.807) is 0 Å². The van der Waals surface area contributed by atoms with Crippen LogP contribution in [0.15, 0.2) is 30.4 Å². The summed E-state index contributed by atoms with van der Waals surface area (Å²) in [6, 6.07) is 6.38. The molecular formula is C39H51ClN2O. The number of halogens is 1. The molecule has 1 aromatic carbocycles. The van der Waals surface area contributed by atoms with Crippen molar-refractivity contribution >= 4 is 28.4 Å². The number of hydrogen-bond acceptors (Lipinski definition) is 1. The molecule has 0 spiro atoms. The van der Waals surface area contributed by atoms with Gasteiger partial charge in [-0.05, 0) is 134 Å². The van der Waals surface area contributed by atoms with E-state index in [-0.39, 0.29) is 33.0 Å². The summed E-state index contributed by atoms with van der Waals surface area (Å²) in [7, 11) is 0. The lowest BCUT2D eigenvalue weighted by Gasteiger charge is -2.72. The van der Waals surface area contributed by atoms with Crippen LogP contribution in [0.2, 0.25) is 5.02 Å². The molecule has 1 aromatic heterocycles. The summed E-state index contributed by atoms with van der Waals surface area (Å²) in [4.78, 5) is 17.8. The maximum absolute atomic E-state index is 14.0. The second kappa shape index (κ2) is 9.42. The highest BCUT2D eigenvalue weighted by atomic mass is 35.5. The number of hydrogen-bond donors (Lipinski definition) is 2. The van der Waals surface area contributed by atoms with Crippen molar-refractivity contribution in [2.45, 2.75) is 105 Å². The molecule has 5 aliphatic carbocycles. The van der Waals surface area contributed by atoms with Gasteiger partial charge in [0.1, 0.15) is 0 Å². The standard InChI is InChI=1S/C39H51ClN2O/c1-9-20-41-34(43)39-17-14-25(23(2)3)32(39)28-11-13-31-36(6)22-27-26-21-24(40)10-12-29(26)42-33(27)35(4,5)30(36)15-16-38(31,8)37(28,7)18-19-39/h1,10,12,21,25,28,30-32,42H,2,11,13-20,22H2,3-8H3,(H,41,43)/t25-,28?,30?,31?,32?,36-,37+,38+,39-/m0/s1. The Morgan fingerprint density at radius 3 is 2.53 bits per heavy atom. The highest BCUT2D eigenvalue weighted by Gasteiger charge is 2.71. The first-order valence-electron chi connectivity index (χ1n) is 16.9. The summed E-state index contributed by atoms with van der Waals surface area (Å²) in [6.45, 7) is 20.0. The molecule has 1 heterocycles. The maximum Gasteiger partial charge on any atom is 0.227 e. The Balaban J connectivity index is 1.31. The van der Waals surface area contributed by atoms with E-state index in [1.165, 1.54) is 53.4 Å². The normalized spacial score (nSPS) is 42.5. The van der Waals surface area contributed by atoms with Crippen molar-refractivity contribution in [2.24, 2.45) is 51.2 Å². The van der Waals surface area contributed by atoms with Gasteiger partial charge in [-0.2, -0.15) is 0 Å². The van der Waals surface area contributed by atoms with E-state index in [2.05, 4.69) is 76.5 Å². The van der Waals surface area contributed by atoms with E-state index in [0.29, 0.717) is 36.1 Å². The molecule has 43 heavy (non-hydrogen) atoms. The van der Waals surface area contributed by atoms with Crippen molar-refractivity contribution in [1.29, 1.82) is 0 Å². The van der Waals surface area contributed by atoms with Gasteiger partial charge in [-0.3, -0.25) is 4.79 Å². The molecule has 1 amide bonds. The van der Waals surface area contributed by atoms with E-state index < -0.39 is 0 Å². The molecule has 0 aliphatic heterocycles. The maximum atomic E-state index is 14.0. The van der Waals surface area contributed by atoms with Gasteiger partial charge < -0.3 is 10.3 Å². The lowest BCUT2D eigenvalue weighted by Crippen LogP contribution is -2.67. The Morgan fingerprint density at radius 2 is 1.81 bits per heavy atom. The topological polar surface area (TPSA) is 44.9 Å². The molecule has 4 saturated carbocycles. The number of aromatic nitrogens is 1. The quantitative estimate of drug-likeness (QED) is 0.268. The second-order valence-corrected chi connectivity index (χ2v) is 17.2. The number of terminal acetylenes is 1. The number of carbonyl (C=O) groups excluding carboxylic acids is 1. The first-order valence-corrected chi connectivity index (χ1v) is 17.3. The molecule has 7 rings (SSSR count). The van der Waals surface area contributed by atoms with Gasteiger partial charge in [0.15, 0.2) is 0 Å². The smallest absolute Gasteiger partial charge is 0.227 e. The molecule has 4 heteroatoms. The zero-order valence-corrected chi connectivity index (χ0v) is 28.0. The van der Waals surface area contributed by atoms with Crippen molar-refractivity contribution in [2.75, 3.05) is 6.54 Å². The average Bonchev–Trinajstić information content (AvgIpc) is 3.52. The highest BCUT2D eigenvalue weighted by molar-refractivity contribution is 6.31. The van der Waals surface area contributed by atoms with Crippen molar-refractivity contribution in [3.63, 3.8) is 0 Å². The number of fused-ring (bicyclic) bond motifs is 10. The predicted molar refractivity (Wildman–Crippen MR) is 178 cm³/mol. The third kappa shape index (κ3) is 3.66. The zero-order chi connectivity index (χ0) is 30.7. The largest absolute Gasteiger partial charge is 0.358 e. The molecule has 4 fully saturated rings. The van der Waals surface area contributed by atoms with Gasteiger partial charge in [-0.15, -0.1) is 6.42 Å². The fourth-order valence-electron chi connectivity index (χ4n) is 13.1. The van der Waals surface area contributed by atoms with Crippen LogP contribution in [0.1, 0.15) is 104 Å². The Hall–Kier alpha value is -2.18. The number of allylic oxidation sites excluding steroid dienone is 1. The summed E-state index contributed by atoms with van der Waals surface area (Å²) < 4.78 is 0. The summed E-state index contributed by atoms with van der Waals surface area (Å²) >= 11 is 6.57. The first kappa shape index (κ1) is 29.5. The minimum atomic E-state index is -0.306. The van der Waals surface area contributed by atoms with Gasteiger partial charge in [-0.25, -0.2) is 0 Å². The molecule has 2 N–H and O–H groups in total. The van der Waals surface area contributed by atoms with E-state index in [1.807, 2.05) is 6.07 Å². The van der Waals surface area contributed by atoms with Crippen molar-refractivity contribution in [3.8, 4) is 12.3 Å². The predicted octanol–water partition coefficient (Wildman–Crippen LogP) is 9.24. The lowest BCUT2D eigenvalue weighted by atomic mass is 9.32. The number of carbonyl (C=O) groups is 1. The third-order valence-corrected chi connectivity index (χ3v) is 15.3. The van der Waals surface area contributed by atoms with Gasteiger partial charge in [0.2, 0.25) is 5.91 Å². The van der Waals surface area contributed by atoms with Crippen LogP contribution in [-0.4, -0.2) is 17.4 Å². The van der Waals surface area contributed by atoms with Crippen LogP contribution in [0.25, 0.3) is 10.9 Å². The van der Waals surface area contributed by atoms with Crippen LogP contribution in [0, 0.1) is 63.6 Å². The molecule has 230 valence electrons. The molecule has 4 unspecified atom stereocenters. The summed E-state index contributed by atoms with van der Waals surface area (Å²) in [5.41, 5.74) is 5.82. The molecule has 0 bridgehead atoms. The highest BCUT2D eigenvalue weighted by Crippen LogP contribution is 2.77. The van der Waals surface area contributed by atoms with Crippen LogP contribution in [0.3, 0.4) is 0 Å². The van der Waals surface area contributed by atoms with Crippen LogP contribution in [0.5, 0.6) is 0 Å². The number of benzene rings is 1. The molecule has 3 nitrogen and oxygen atoms in total. The molecule has 2 aromatic rings. The van der Waals surface area contributed by atoms with Crippen molar-refractivity contribution < 1.29 is 4.79 Å². The summed E-state index contributed by atoms with van der Waals surface area (Å²) in [5, 5.41) is 5.30. The Labute approximate surface area is 264 Å². The second-order valence-electron chi connectivity index (χ2n) is 16.8. The molecule has 0 radical (unpaired) electrons. The average molecular weight is 599 g/mol. The zero-order valence-electron chi connectivity index (χ0n) is 27.3. The van der Waals surface area contributed by atoms with Crippen LogP contribution in [-0.2, 0) is 16.6 Å². The minimum absolute atomic E-state index is 0.0697. The number of H-pyrrole nitrogens is 1. The van der Waals surface area contributed by atoms with Gasteiger partial charge in [0.05, 0.1) is 12.0 Å². The number of rotatable bonds is 3. The van der Waals surface area contributed by atoms with Gasteiger partial charge in [-0.1, -0.05) is 64.3 Å². The van der Waals surface area contributed by atoms with E-state index in [9.17, 15) is 4.79 Å². The summed E-state index contributed by atoms with van der Waals surface area (Å²) in [5.74, 6) is 5.44. The Kier molecular flexibility index (Phi) is 6.47. The fraction of sp³-hybridized carbons (Fsp3) is 0.667. The molecule has 9 atom stereocenters. The minimum Gasteiger partial charge on any atom is -0.358 e. The molecular weight excluding hydrogens is 548 g/mol. The van der Waals surface area contributed by atoms with Gasteiger partial charge in [0.25, 0.3) is 0 Å². The molecule has 5 aliphatic rings. The Morgan fingerprint density at radius 1 is 1.05 bits per heavy atom. The van der Waals surface area contributed by atoms with E-state index in [0.717, 1.165) is 37.1 Å². The van der Waals surface area contributed by atoms with Gasteiger partial charge in [0, 0.05) is 27.0 Å². The molecule has 0 saturated heterocycles. The van der Waals surface area contributed by atoms with Crippen LogP contribution >= 0.6 is 11.6 Å². The van der Waals surface area contributed by atoms with E-state index >= 15 is 0 Å². The Bertz CT molecular complexity index is 1560. The third-order valence-electron chi connectivity index (χ3n) is 15.1. The SMILES string of the molecule is C#CCNC(=O)[C@]12CC[C@@H](C(=C)C)C1C1CCC3[C@@]4(C)Cc5c([nH]c6ccc(Cl)cc56)C(C)(C)C4CC[C@@]3(C)[C@]1(C)CC2.